The van der Waals surface area contributed by atoms with Crippen molar-refractivity contribution in [3.63, 3.8) is 0 Å². The van der Waals surface area contributed by atoms with E-state index in [9.17, 15) is 9.18 Å². The van der Waals surface area contributed by atoms with Crippen LogP contribution < -0.4 is 5.32 Å². The van der Waals surface area contributed by atoms with Gasteiger partial charge in [0.25, 0.3) is 0 Å². The molecule has 130 valence electrons. The Morgan fingerprint density at radius 3 is 2.76 bits per heavy atom. The Bertz CT molecular complexity index is 831. The van der Waals surface area contributed by atoms with Gasteiger partial charge < -0.3 is 9.88 Å². The van der Waals surface area contributed by atoms with Crippen molar-refractivity contribution in [1.29, 1.82) is 0 Å². The molecule has 5 nitrogen and oxygen atoms in total. The third-order valence-electron chi connectivity index (χ3n) is 3.37. The number of benzene rings is 1. The van der Waals surface area contributed by atoms with Crippen LogP contribution in [0.25, 0.3) is 10.7 Å². The number of thioether (sulfide) groups is 1. The number of hydrogen-bond acceptors (Lipinski definition) is 5. The van der Waals surface area contributed by atoms with Gasteiger partial charge in [0, 0.05) is 12.2 Å². The first-order valence-electron chi connectivity index (χ1n) is 7.82. The fraction of sp³-hybridized carbons (Fsp3) is 0.235. The number of nitrogens with zero attached hydrogens (tertiary/aromatic N) is 3. The number of nitrogens with one attached hydrogen (secondary N) is 1. The Hall–Kier alpha value is -2.19. The normalized spacial score (nSPS) is 10.8. The summed E-state index contributed by atoms with van der Waals surface area (Å²) in [6.07, 6.45) is 0.950. The maximum Gasteiger partial charge on any atom is 0.234 e. The highest BCUT2D eigenvalue weighted by atomic mass is 32.2. The van der Waals surface area contributed by atoms with Crippen LogP contribution in [0.4, 0.5) is 10.1 Å². The number of aromatic nitrogens is 3. The minimum Gasteiger partial charge on any atom is -0.325 e. The van der Waals surface area contributed by atoms with Gasteiger partial charge in [0.15, 0.2) is 11.0 Å². The van der Waals surface area contributed by atoms with Gasteiger partial charge in [0.2, 0.25) is 5.91 Å². The standard InChI is InChI=1S/C17H17FN4OS2/c1-2-9-22-16(14-4-3-10-24-14)20-21-17(22)25-11-15(23)19-13-7-5-12(18)6-8-13/h3-8,10H,2,9,11H2,1H3,(H,19,23). The number of halogens is 1. The zero-order chi connectivity index (χ0) is 17.6. The number of rotatable bonds is 7. The molecule has 8 heteroatoms. The second-order valence-corrected chi connectivity index (χ2v) is 7.17. The molecular weight excluding hydrogens is 359 g/mol. The van der Waals surface area contributed by atoms with E-state index in [4.69, 9.17) is 0 Å². The van der Waals surface area contributed by atoms with Gasteiger partial charge in [-0.1, -0.05) is 24.8 Å². The monoisotopic (exact) mass is 376 g/mol. The van der Waals surface area contributed by atoms with Crippen LogP contribution in [-0.2, 0) is 11.3 Å². The van der Waals surface area contributed by atoms with Crippen molar-refractivity contribution < 1.29 is 9.18 Å². The largest absolute Gasteiger partial charge is 0.325 e. The summed E-state index contributed by atoms with van der Waals surface area (Å²) < 4.78 is 14.9. The van der Waals surface area contributed by atoms with E-state index in [1.807, 2.05) is 22.1 Å². The summed E-state index contributed by atoms with van der Waals surface area (Å²) in [4.78, 5) is 13.2. The highest BCUT2D eigenvalue weighted by molar-refractivity contribution is 7.99. The lowest BCUT2D eigenvalue weighted by atomic mass is 10.3. The van der Waals surface area contributed by atoms with Crippen molar-refractivity contribution in [1.82, 2.24) is 14.8 Å². The number of carbonyl (C=O) groups is 1. The lowest BCUT2D eigenvalue weighted by molar-refractivity contribution is -0.113. The van der Waals surface area contributed by atoms with E-state index in [0.717, 1.165) is 28.8 Å². The summed E-state index contributed by atoms with van der Waals surface area (Å²) >= 11 is 2.96. The summed E-state index contributed by atoms with van der Waals surface area (Å²) in [5, 5.41) is 14.0. The minimum absolute atomic E-state index is 0.166. The van der Waals surface area contributed by atoms with Crippen molar-refractivity contribution in [3.05, 3.63) is 47.6 Å². The lowest BCUT2D eigenvalue weighted by Gasteiger charge is -2.08. The fourth-order valence-electron chi connectivity index (χ4n) is 2.27. The van der Waals surface area contributed by atoms with Crippen molar-refractivity contribution in [2.45, 2.75) is 25.0 Å². The molecule has 0 radical (unpaired) electrons. The number of anilines is 1. The maximum atomic E-state index is 12.9. The van der Waals surface area contributed by atoms with Crippen LogP contribution in [0, 0.1) is 5.82 Å². The second-order valence-electron chi connectivity index (χ2n) is 5.28. The van der Waals surface area contributed by atoms with Gasteiger partial charge in [0.1, 0.15) is 5.82 Å². The number of hydrogen-bond donors (Lipinski definition) is 1. The zero-order valence-corrected chi connectivity index (χ0v) is 15.2. The first-order chi connectivity index (χ1) is 12.2. The van der Waals surface area contributed by atoms with Crippen LogP contribution in [0.1, 0.15) is 13.3 Å². The van der Waals surface area contributed by atoms with E-state index in [2.05, 4.69) is 22.4 Å². The Kier molecular flexibility index (Phi) is 5.83. The molecule has 0 aliphatic heterocycles. The molecule has 25 heavy (non-hydrogen) atoms. The summed E-state index contributed by atoms with van der Waals surface area (Å²) in [5.74, 6) is 0.545. The molecule has 3 aromatic rings. The molecule has 0 saturated heterocycles. The average Bonchev–Trinajstić information content (AvgIpc) is 3.25. The summed E-state index contributed by atoms with van der Waals surface area (Å²) in [7, 11) is 0. The van der Waals surface area contributed by atoms with Crippen molar-refractivity contribution in [3.8, 4) is 10.7 Å². The molecular formula is C17H17FN4OS2. The first kappa shape index (κ1) is 17.6. The molecule has 0 aliphatic carbocycles. The van der Waals surface area contributed by atoms with Crippen molar-refractivity contribution in [2.75, 3.05) is 11.1 Å². The number of thiophene rings is 1. The van der Waals surface area contributed by atoms with Crippen LogP contribution in [0.3, 0.4) is 0 Å². The fourth-order valence-corrected chi connectivity index (χ4v) is 3.75. The molecule has 1 N–H and O–H groups in total. The zero-order valence-electron chi connectivity index (χ0n) is 13.6. The van der Waals surface area contributed by atoms with Crippen molar-refractivity contribution >= 4 is 34.7 Å². The van der Waals surface area contributed by atoms with Gasteiger partial charge >= 0.3 is 0 Å². The van der Waals surface area contributed by atoms with E-state index in [0.29, 0.717) is 5.69 Å². The Morgan fingerprint density at radius 1 is 1.28 bits per heavy atom. The molecule has 0 aliphatic rings. The quantitative estimate of drug-likeness (QED) is 0.625. The van der Waals surface area contributed by atoms with Crippen LogP contribution in [-0.4, -0.2) is 26.4 Å². The molecule has 0 unspecified atom stereocenters. The minimum atomic E-state index is -0.332. The van der Waals surface area contributed by atoms with Crippen molar-refractivity contribution in [2.24, 2.45) is 0 Å². The maximum absolute atomic E-state index is 12.9. The lowest BCUT2D eigenvalue weighted by Crippen LogP contribution is -2.14. The Morgan fingerprint density at radius 2 is 2.08 bits per heavy atom. The Labute approximate surface area is 153 Å². The number of amides is 1. The van der Waals surface area contributed by atoms with Gasteiger partial charge in [-0.05, 0) is 42.1 Å². The molecule has 1 amide bonds. The molecule has 0 saturated carbocycles. The van der Waals surface area contributed by atoms with E-state index in [1.54, 1.807) is 11.3 Å². The molecule has 2 heterocycles. The molecule has 1 aromatic carbocycles. The summed E-state index contributed by atoms with van der Waals surface area (Å²) in [5.41, 5.74) is 0.571. The van der Waals surface area contributed by atoms with Crippen LogP contribution in [0.2, 0.25) is 0 Å². The first-order valence-corrected chi connectivity index (χ1v) is 9.69. The molecule has 2 aromatic heterocycles. The van der Waals surface area contributed by atoms with Crippen LogP contribution >= 0.6 is 23.1 Å². The van der Waals surface area contributed by atoms with Gasteiger partial charge in [-0.3, -0.25) is 4.79 Å². The van der Waals surface area contributed by atoms with Gasteiger partial charge in [-0.25, -0.2) is 4.39 Å². The summed E-state index contributed by atoms with van der Waals surface area (Å²) in [6, 6.07) is 9.69. The van der Waals surface area contributed by atoms with E-state index in [1.165, 1.54) is 36.0 Å². The molecule has 0 bridgehead atoms. The van der Waals surface area contributed by atoms with E-state index >= 15 is 0 Å². The summed E-state index contributed by atoms with van der Waals surface area (Å²) in [6.45, 7) is 2.88. The highest BCUT2D eigenvalue weighted by Crippen LogP contribution is 2.27. The van der Waals surface area contributed by atoms with Crippen LogP contribution in [0.15, 0.2) is 46.9 Å². The topological polar surface area (TPSA) is 59.8 Å². The molecule has 0 fully saturated rings. The Balaban J connectivity index is 1.66. The average molecular weight is 376 g/mol. The number of carbonyl (C=O) groups excluding carboxylic acids is 1. The molecule has 3 rings (SSSR count). The van der Waals surface area contributed by atoms with Gasteiger partial charge in [0.05, 0.1) is 10.6 Å². The van der Waals surface area contributed by atoms with E-state index < -0.39 is 0 Å². The van der Waals surface area contributed by atoms with Crippen LogP contribution in [0.5, 0.6) is 0 Å². The molecule has 0 atom stereocenters. The van der Waals surface area contributed by atoms with Gasteiger partial charge in [-0.15, -0.1) is 21.5 Å². The smallest absolute Gasteiger partial charge is 0.234 e. The predicted octanol–water partition coefficient (Wildman–Crippen LogP) is 4.29. The SMILES string of the molecule is CCCn1c(SCC(=O)Nc2ccc(F)cc2)nnc1-c1cccs1. The second kappa shape index (κ2) is 8.26. The molecule has 0 spiro atoms. The third kappa shape index (κ3) is 4.46. The predicted molar refractivity (Wildman–Crippen MR) is 99.4 cm³/mol. The van der Waals surface area contributed by atoms with Gasteiger partial charge in [-0.2, -0.15) is 0 Å². The van der Waals surface area contributed by atoms with E-state index in [-0.39, 0.29) is 17.5 Å². The highest BCUT2D eigenvalue weighted by Gasteiger charge is 2.15. The third-order valence-corrected chi connectivity index (χ3v) is 5.20.